The molecule has 0 radical (unpaired) electrons. The van der Waals surface area contributed by atoms with Gasteiger partial charge in [-0.1, -0.05) is 27.7 Å². The minimum Gasteiger partial charge on any atom is -0.313 e. The Morgan fingerprint density at radius 2 is 1.95 bits per heavy atom. The van der Waals surface area contributed by atoms with Crippen molar-refractivity contribution in [2.75, 3.05) is 12.3 Å². The Kier molecular flexibility index (Phi) is 6.81. The summed E-state index contributed by atoms with van der Waals surface area (Å²) >= 11 is 0. The Morgan fingerprint density at radius 1 is 1.26 bits per heavy atom. The van der Waals surface area contributed by atoms with Crippen molar-refractivity contribution in [2.24, 2.45) is 11.8 Å². The Morgan fingerprint density at radius 3 is 2.53 bits per heavy atom. The lowest BCUT2D eigenvalue weighted by atomic mass is 9.87. The molecule has 1 rings (SSSR count). The van der Waals surface area contributed by atoms with Crippen LogP contribution in [0.4, 0.5) is 0 Å². The third kappa shape index (κ3) is 5.42. The van der Waals surface area contributed by atoms with Gasteiger partial charge >= 0.3 is 0 Å². The largest absolute Gasteiger partial charge is 0.313 e. The van der Waals surface area contributed by atoms with E-state index in [4.69, 9.17) is 0 Å². The highest BCUT2D eigenvalue weighted by molar-refractivity contribution is 7.92. The van der Waals surface area contributed by atoms with Crippen LogP contribution in [-0.2, 0) is 9.84 Å². The molecule has 1 fully saturated rings. The Hall–Kier alpha value is -0.0900. The van der Waals surface area contributed by atoms with Crippen molar-refractivity contribution in [3.8, 4) is 0 Å². The lowest BCUT2D eigenvalue weighted by Crippen LogP contribution is -2.48. The van der Waals surface area contributed by atoms with Crippen molar-refractivity contribution in [3.63, 3.8) is 0 Å². The summed E-state index contributed by atoms with van der Waals surface area (Å²) in [4.78, 5) is 0. The molecule has 3 nitrogen and oxygen atoms in total. The zero-order valence-electron chi connectivity index (χ0n) is 13.0. The van der Waals surface area contributed by atoms with Gasteiger partial charge in [-0.25, -0.2) is 8.42 Å². The van der Waals surface area contributed by atoms with Crippen LogP contribution in [0.15, 0.2) is 0 Å². The van der Waals surface area contributed by atoms with E-state index in [2.05, 4.69) is 33.0 Å². The molecule has 3 atom stereocenters. The predicted molar refractivity (Wildman–Crippen MR) is 82.1 cm³/mol. The quantitative estimate of drug-likeness (QED) is 0.783. The van der Waals surface area contributed by atoms with Gasteiger partial charge in [-0.15, -0.1) is 0 Å². The summed E-state index contributed by atoms with van der Waals surface area (Å²) in [5.74, 6) is 1.35. The van der Waals surface area contributed by atoms with E-state index in [9.17, 15) is 8.42 Å². The van der Waals surface area contributed by atoms with Crippen LogP contribution in [0.5, 0.6) is 0 Å². The number of hydrogen-bond acceptors (Lipinski definition) is 3. The molecule has 0 aromatic rings. The minimum absolute atomic E-state index is 0.165. The van der Waals surface area contributed by atoms with Crippen LogP contribution in [0.1, 0.15) is 59.8 Å². The SMILES string of the molecule is CCCNC1CCC(C)CC1S(=O)(=O)CCC(C)C. The zero-order valence-corrected chi connectivity index (χ0v) is 13.8. The van der Waals surface area contributed by atoms with Crippen molar-refractivity contribution in [3.05, 3.63) is 0 Å². The molecule has 0 aromatic heterocycles. The van der Waals surface area contributed by atoms with Crippen LogP contribution in [0.25, 0.3) is 0 Å². The molecule has 0 amide bonds. The molecule has 114 valence electrons. The molecular weight excluding hydrogens is 258 g/mol. The standard InChI is InChI=1S/C15H31NO2S/c1-5-9-16-14-7-6-13(4)11-15(14)19(17,18)10-8-12(2)3/h12-16H,5-11H2,1-4H3. The molecule has 0 bridgehead atoms. The smallest absolute Gasteiger partial charge is 0.154 e. The van der Waals surface area contributed by atoms with Gasteiger partial charge < -0.3 is 5.32 Å². The molecule has 0 aliphatic heterocycles. The van der Waals surface area contributed by atoms with Crippen molar-refractivity contribution in [2.45, 2.75) is 71.1 Å². The number of rotatable bonds is 7. The molecule has 0 heterocycles. The van der Waals surface area contributed by atoms with Gasteiger partial charge in [0.25, 0.3) is 0 Å². The normalized spacial score (nSPS) is 28.8. The number of sulfone groups is 1. The Balaban J connectivity index is 2.71. The van der Waals surface area contributed by atoms with Crippen LogP contribution in [-0.4, -0.2) is 32.0 Å². The molecule has 19 heavy (non-hydrogen) atoms. The van der Waals surface area contributed by atoms with Crippen LogP contribution < -0.4 is 5.32 Å². The maximum absolute atomic E-state index is 12.6. The maximum Gasteiger partial charge on any atom is 0.154 e. The van der Waals surface area contributed by atoms with E-state index in [0.717, 1.165) is 38.6 Å². The second-order valence-corrected chi connectivity index (χ2v) is 8.91. The molecule has 1 aliphatic rings. The second-order valence-electron chi connectivity index (χ2n) is 6.57. The average molecular weight is 289 g/mol. The minimum atomic E-state index is -2.95. The van der Waals surface area contributed by atoms with Gasteiger partial charge in [0.1, 0.15) is 0 Å². The maximum atomic E-state index is 12.6. The van der Waals surface area contributed by atoms with Crippen molar-refractivity contribution in [1.82, 2.24) is 5.32 Å². The Bertz CT molecular complexity index is 349. The molecule has 0 saturated heterocycles. The summed E-state index contributed by atoms with van der Waals surface area (Å²) in [5.41, 5.74) is 0. The topological polar surface area (TPSA) is 46.2 Å². The molecule has 1 saturated carbocycles. The van der Waals surface area contributed by atoms with Crippen LogP contribution in [0, 0.1) is 11.8 Å². The first-order valence-electron chi connectivity index (χ1n) is 7.81. The van der Waals surface area contributed by atoms with Crippen molar-refractivity contribution in [1.29, 1.82) is 0 Å². The summed E-state index contributed by atoms with van der Waals surface area (Å²) in [6, 6.07) is 0.174. The third-order valence-corrected chi connectivity index (χ3v) is 6.40. The van der Waals surface area contributed by atoms with E-state index in [-0.39, 0.29) is 11.3 Å². The lowest BCUT2D eigenvalue weighted by Gasteiger charge is -2.35. The number of nitrogens with one attached hydrogen (secondary N) is 1. The Labute approximate surface area is 119 Å². The second kappa shape index (κ2) is 7.63. The fourth-order valence-electron chi connectivity index (χ4n) is 2.84. The summed E-state index contributed by atoms with van der Waals surface area (Å²) in [5, 5.41) is 3.29. The summed E-state index contributed by atoms with van der Waals surface area (Å²) < 4.78 is 25.1. The third-order valence-electron chi connectivity index (χ3n) is 4.15. The van der Waals surface area contributed by atoms with Crippen LogP contribution >= 0.6 is 0 Å². The molecular formula is C15H31NO2S. The van der Waals surface area contributed by atoms with Crippen molar-refractivity contribution < 1.29 is 8.42 Å². The monoisotopic (exact) mass is 289 g/mol. The van der Waals surface area contributed by atoms with Crippen molar-refractivity contribution >= 4 is 9.84 Å². The summed E-state index contributed by atoms with van der Waals surface area (Å²) in [7, 11) is -2.95. The fourth-order valence-corrected chi connectivity index (χ4v) is 5.30. The highest BCUT2D eigenvalue weighted by Crippen LogP contribution is 2.30. The highest BCUT2D eigenvalue weighted by Gasteiger charge is 2.37. The van der Waals surface area contributed by atoms with E-state index in [1.54, 1.807) is 0 Å². The van der Waals surface area contributed by atoms with E-state index in [1.165, 1.54) is 0 Å². The highest BCUT2D eigenvalue weighted by atomic mass is 32.2. The molecule has 0 spiro atoms. The van der Waals surface area contributed by atoms with E-state index >= 15 is 0 Å². The van der Waals surface area contributed by atoms with Crippen LogP contribution in [0.2, 0.25) is 0 Å². The molecule has 1 aliphatic carbocycles. The zero-order chi connectivity index (χ0) is 14.5. The average Bonchev–Trinajstić information content (AvgIpc) is 2.35. The molecule has 4 heteroatoms. The lowest BCUT2D eigenvalue weighted by molar-refractivity contribution is 0.308. The van der Waals surface area contributed by atoms with E-state index in [1.807, 2.05) is 0 Å². The first kappa shape index (κ1) is 17.0. The number of hydrogen-bond donors (Lipinski definition) is 1. The first-order valence-corrected chi connectivity index (χ1v) is 9.53. The van der Waals surface area contributed by atoms with Gasteiger partial charge in [-0.3, -0.25) is 0 Å². The van der Waals surface area contributed by atoms with Gasteiger partial charge in [-0.2, -0.15) is 0 Å². The van der Waals surface area contributed by atoms with Gasteiger partial charge in [0.15, 0.2) is 9.84 Å². The van der Waals surface area contributed by atoms with E-state index < -0.39 is 9.84 Å². The van der Waals surface area contributed by atoms with Gasteiger partial charge in [0.05, 0.1) is 11.0 Å². The van der Waals surface area contributed by atoms with E-state index in [0.29, 0.717) is 17.6 Å². The first-order chi connectivity index (χ1) is 8.86. The summed E-state index contributed by atoms with van der Waals surface area (Å²) in [6.45, 7) is 9.41. The molecule has 3 unspecified atom stereocenters. The molecule has 1 N–H and O–H groups in total. The predicted octanol–water partition coefficient (Wildman–Crippen LogP) is 3.00. The van der Waals surface area contributed by atoms with Gasteiger partial charge in [-0.05, 0) is 50.5 Å². The van der Waals surface area contributed by atoms with Gasteiger partial charge in [0.2, 0.25) is 0 Å². The van der Waals surface area contributed by atoms with Gasteiger partial charge in [0, 0.05) is 6.04 Å². The molecule has 0 aromatic carbocycles. The fraction of sp³-hybridized carbons (Fsp3) is 1.00. The summed E-state index contributed by atoms with van der Waals surface area (Å²) in [6.07, 6.45) is 4.84. The van der Waals surface area contributed by atoms with Crippen LogP contribution in [0.3, 0.4) is 0 Å².